The van der Waals surface area contributed by atoms with E-state index < -0.39 is 5.82 Å². The molecule has 2 atom stereocenters. The Bertz CT molecular complexity index is 953. The van der Waals surface area contributed by atoms with Crippen LogP contribution in [-0.4, -0.2) is 48.2 Å². The van der Waals surface area contributed by atoms with Crippen molar-refractivity contribution in [1.82, 2.24) is 9.97 Å². The Labute approximate surface area is 175 Å². The van der Waals surface area contributed by atoms with Crippen LogP contribution in [0.15, 0.2) is 30.6 Å². The van der Waals surface area contributed by atoms with Gasteiger partial charge in [0.25, 0.3) is 0 Å². The summed E-state index contributed by atoms with van der Waals surface area (Å²) in [7, 11) is 0. The SMILES string of the molecule is CC1CCCN(c2ccc3c(n2)N(C(=O)Nc2cncc(F)c2)[C@H]2CCCN3C2)C1. The number of rotatable bonds is 2. The van der Waals surface area contributed by atoms with Crippen molar-refractivity contribution in [1.29, 1.82) is 0 Å². The monoisotopic (exact) mass is 410 g/mol. The van der Waals surface area contributed by atoms with Crippen LogP contribution >= 0.6 is 0 Å². The van der Waals surface area contributed by atoms with E-state index in [1.807, 2.05) is 0 Å². The predicted molar refractivity (Wildman–Crippen MR) is 116 cm³/mol. The maximum absolute atomic E-state index is 13.5. The zero-order valence-corrected chi connectivity index (χ0v) is 17.2. The minimum atomic E-state index is -0.477. The summed E-state index contributed by atoms with van der Waals surface area (Å²) in [6, 6.07) is 5.23. The van der Waals surface area contributed by atoms with Gasteiger partial charge in [0.1, 0.15) is 11.6 Å². The van der Waals surface area contributed by atoms with E-state index in [9.17, 15) is 9.18 Å². The number of carbonyl (C=O) groups is 1. The van der Waals surface area contributed by atoms with Crippen molar-refractivity contribution in [3.05, 3.63) is 36.4 Å². The standard InChI is InChI=1S/C22H27FN6O/c1-15-4-2-9-28(13-15)20-7-6-19-21(26-20)29(18-5-3-8-27(19)14-18)22(30)25-17-10-16(23)11-24-12-17/h6-7,10-12,15,18H,2-5,8-9,13-14H2,1H3,(H,25,30)/t15?,18-/m0/s1. The molecule has 2 fully saturated rings. The van der Waals surface area contributed by atoms with Crippen molar-refractivity contribution in [3.8, 4) is 0 Å². The Hall–Kier alpha value is -2.90. The van der Waals surface area contributed by atoms with Crippen LogP contribution in [0.5, 0.6) is 0 Å². The summed E-state index contributed by atoms with van der Waals surface area (Å²) in [4.78, 5) is 28.5. The first-order valence-corrected chi connectivity index (χ1v) is 10.8. The second-order valence-corrected chi connectivity index (χ2v) is 8.64. The van der Waals surface area contributed by atoms with E-state index >= 15 is 0 Å². The number of urea groups is 1. The van der Waals surface area contributed by atoms with E-state index in [1.165, 1.54) is 18.7 Å². The molecule has 5 rings (SSSR count). The molecule has 0 aromatic carbocycles. The van der Waals surface area contributed by atoms with Crippen LogP contribution in [0.1, 0.15) is 32.6 Å². The van der Waals surface area contributed by atoms with E-state index in [4.69, 9.17) is 4.98 Å². The number of nitrogens with zero attached hydrogens (tertiary/aromatic N) is 5. The Morgan fingerprint density at radius 2 is 1.97 bits per heavy atom. The number of amides is 2. The molecule has 1 unspecified atom stereocenters. The molecule has 0 saturated carbocycles. The number of fused-ring (bicyclic) bond motifs is 4. The van der Waals surface area contributed by atoms with Crippen LogP contribution in [0.3, 0.4) is 0 Å². The smallest absolute Gasteiger partial charge is 0.327 e. The molecule has 30 heavy (non-hydrogen) atoms. The molecule has 2 amide bonds. The van der Waals surface area contributed by atoms with Crippen molar-refractivity contribution in [2.45, 2.75) is 38.6 Å². The fraction of sp³-hybridized carbons (Fsp3) is 0.500. The first kappa shape index (κ1) is 19.1. The average Bonchev–Trinajstić information content (AvgIpc) is 2.74. The topological polar surface area (TPSA) is 64.6 Å². The lowest BCUT2D eigenvalue weighted by atomic mass is 9.99. The molecule has 0 spiro atoms. The van der Waals surface area contributed by atoms with Gasteiger partial charge in [0.15, 0.2) is 5.82 Å². The molecule has 3 aliphatic heterocycles. The van der Waals surface area contributed by atoms with Crippen molar-refractivity contribution in [3.63, 3.8) is 0 Å². The molecule has 2 aromatic heterocycles. The van der Waals surface area contributed by atoms with Crippen molar-refractivity contribution < 1.29 is 9.18 Å². The molecular formula is C22H27FN6O. The number of nitrogens with one attached hydrogen (secondary N) is 1. The molecule has 5 heterocycles. The minimum Gasteiger partial charge on any atom is -0.366 e. The first-order valence-electron chi connectivity index (χ1n) is 10.8. The number of aromatic nitrogens is 2. The highest BCUT2D eigenvalue weighted by atomic mass is 19.1. The van der Waals surface area contributed by atoms with Crippen molar-refractivity contribution >= 4 is 29.0 Å². The summed E-state index contributed by atoms with van der Waals surface area (Å²) in [6.07, 6.45) is 6.94. The van der Waals surface area contributed by atoms with Gasteiger partial charge < -0.3 is 15.1 Å². The quantitative estimate of drug-likeness (QED) is 0.814. The molecule has 0 radical (unpaired) electrons. The second kappa shape index (κ2) is 7.74. The fourth-order valence-electron chi connectivity index (χ4n) is 4.91. The molecule has 158 valence electrons. The van der Waals surface area contributed by atoms with Gasteiger partial charge in [0.2, 0.25) is 0 Å². The summed E-state index contributed by atoms with van der Waals surface area (Å²) < 4.78 is 13.5. The van der Waals surface area contributed by atoms with Gasteiger partial charge in [0, 0.05) is 32.2 Å². The van der Waals surface area contributed by atoms with Crippen molar-refractivity contribution in [2.75, 3.05) is 46.2 Å². The van der Waals surface area contributed by atoms with E-state index in [0.29, 0.717) is 17.4 Å². The third-order valence-corrected chi connectivity index (χ3v) is 6.33. The Kier molecular flexibility index (Phi) is 4.92. The Balaban J connectivity index is 1.49. The van der Waals surface area contributed by atoms with Gasteiger partial charge >= 0.3 is 6.03 Å². The normalized spacial score (nSPS) is 23.2. The van der Waals surface area contributed by atoms with Gasteiger partial charge in [0.05, 0.1) is 29.8 Å². The first-order chi connectivity index (χ1) is 14.6. The number of pyridine rings is 2. The van der Waals surface area contributed by atoms with Crippen LogP contribution in [0, 0.1) is 11.7 Å². The molecule has 3 aliphatic rings. The highest BCUT2D eigenvalue weighted by molar-refractivity contribution is 6.04. The van der Waals surface area contributed by atoms with Crippen LogP contribution < -0.4 is 20.0 Å². The van der Waals surface area contributed by atoms with Crippen LogP contribution in [0.4, 0.5) is 32.2 Å². The number of halogens is 1. The molecule has 7 nitrogen and oxygen atoms in total. The van der Waals surface area contributed by atoms with Gasteiger partial charge in [-0.05, 0) is 43.7 Å². The largest absolute Gasteiger partial charge is 0.366 e. The van der Waals surface area contributed by atoms with E-state index in [-0.39, 0.29) is 12.1 Å². The summed E-state index contributed by atoms with van der Waals surface area (Å²) in [5, 5.41) is 2.82. The summed E-state index contributed by atoms with van der Waals surface area (Å²) >= 11 is 0. The highest BCUT2D eigenvalue weighted by Gasteiger charge is 2.38. The lowest BCUT2D eigenvalue weighted by molar-refractivity contribution is 0.252. The molecule has 0 aliphatic carbocycles. The lowest BCUT2D eigenvalue weighted by Crippen LogP contribution is -2.56. The maximum Gasteiger partial charge on any atom is 0.327 e. The summed E-state index contributed by atoms with van der Waals surface area (Å²) in [6.45, 7) is 6.02. The van der Waals surface area contributed by atoms with Gasteiger partial charge in [-0.15, -0.1) is 0 Å². The molecular weight excluding hydrogens is 383 g/mol. The van der Waals surface area contributed by atoms with Crippen LogP contribution in [-0.2, 0) is 0 Å². The van der Waals surface area contributed by atoms with Gasteiger partial charge in [-0.3, -0.25) is 9.88 Å². The van der Waals surface area contributed by atoms with Crippen LogP contribution in [0.25, 0.3) is 0 Å². The number of piperidine rings is 2. The molecule has 2 bridgehead atoms. The minimum absolute atomic E-state index is 0.0517. The third-order valence-electron chi connectivity index (χ3n) is 6.33. The third kappa shape index (κ3) is 3.55. The summed E-state index contributed by atoms with van der Waals surface area (Å²) in [5.74, 6) is 1.78. The van der Waals surface area contributed by atoms with Crippen LogP contribution in [0.2, 0.25) is 0 Å². The zero-order valence-electron chi connectivity index (χ0n) is 17.2. The molecule has 8 heteroatoms. The molecule has 1 N–H and O–H groups in total. The fourth-order valence-corrected chi connectivity index (χ4v) is 4.91. The predicted octanol–water partition coefficient (Wildman–Crippen LogP) is 3.87. The lowest BCUT2D eigenvalue weighted by Gasteiger charge is -2.46. The van der Waals surface area contributed by atoms with Crippen molar-refractivity contribution in [2.24, 2.45) is 5.92 Å². The zero-order chi connectivity index (χ0) is 20.7. The summed E-state index contributed by atoms with van der Waals surface area (Å²) in [5.41, 5.74) is 1.34. The van der Waals surface area contributed by atoms with Gasteiger partial charge in [-0.2, -0.15) is 0 Å². The Morgan fingerprint density at radius 3 is 2.80 bits per heavy atom. The Morgan fingerprint density at radius 1 is 1.13 bits per heavy atom. The maximum atomic E-state index is 13.5. The second-order valence-electron chi connectivity index (χ2n) is 8.64. The van der Waals surface area contributed by atoms with E-state index in [2.05, 4.69) is 39.2 Å². The number of carbonyl (C=O) groups excluding carboxylic acids is 1. The number of anilines is 4. The number of hydrogen-bond acceptors (Lipinski definition) is 5. The van der Waals surface area contributed by atoms with E-state index in [1.54, 1.807) is 4.90 Å². The molecule has 2 saturated heterocycles. The average molecular weight is 410 g/mol. The van der Waals surface area contributed by atoms with Gasteiger partial charge in [-0.25, -0.2) is 14.2 Å². The molecule has 2 aromatic rings. The van der Waals surface area contributed by atoms with E-state index in [0.717, 1.165) is 63.1 Å². The highest BCUT2D eigenvalue weighted by Crippen LogP contribution is 2.39. The van der Waals surface area contributed by atoms with Gasteiger partial charge in [-0.1, -0.05) is 6.92 Å². The number of hydrogen-bond donors (Lipinski definition) is 1.